The first-order valence-corrected chi connectivity index (χ1v) is 14.1. The quantitative estimate of drug-likeness (QED) is 0.315. The summed E-state index contributed by atoms with van der Waals surface area (Å²) in [5.74, 6) is 0.679. The Morgan fingerprint density at radius 3 is 2.84 bits per heavy atom. The first-order chi connectivity index (χ1) is 17.9. The zero-order valence-electron chi connectivity index (χ0n) is 22.1. The molecule has 1 N–H and O–H groups in total. The van der Waals surface area contributed by atoms with Crippen molar-refractivity contribution in [3.63, 3.8) is 0 Å². The van der Waals surface area contributed by atoms with E-state index >= 15 is 0 Å². The van der Waals surface area contributed by atoms with Crippen molar-refractivity contribution in [3.05, 3.63) is 74.0 Å². The van der Waals surface area contributed by atoms with Gasteiger partial charge in [0.05, 0.1) is 11.6 Å². The zero-order chi connectivity index (χ0) is 26.0. The second-order valence-electron chi connectivity index (χ2n) is 10.5. The molecule has 1 saturated heterocycles. The van der Waals surface area contributed by atoms with Gasteiger partial charge in [-0.3, -0.25) is 9.69 Å². The van der Waals surface area contributed by atoms with Crippen molar-refractivity contribution < 1.29 is 4.74 Å². The minimum atomic E-state index is -0.439. The molecule has 3 aromatic heterocycles. The van der Waals surface area contributed by atoms with Crippen LogP contribution in [0.5, 0.6) is 0 Å². The van der Waals surface area contributed by atoms with Crippen LogP contribution in [0, 0.1) is 0 Å². The van der Waals surface area contributed by atoms with Crippen LogP contribution in [0.4, 0.5) is 0 Å². The lowest BCUT2D eigenvalue weighted by atomic mass is 9.98. The van der Waals surface area contributed by atoms with Gasteiger partial charge in [-0.05, 0) is 90.6 Å². The molecule has 1 aliphatic heterocycles. The molecule has 8 nitrogen and oxygen atoms in total. The third-order valence-electron chi connectivity index (χ3n) is 7.58. The summed E-state index contributed by atoms with van der Waals surface area (Å²) < 4.78 is 7.98. The average molecular weight is 521 g/mol. The fourth-order valence-corrected chi connectivity index (χ4v) is 5.78. The maximum Gasteiger partial charge on any atom is 0.253 e. The van der Waals surface area contributed by atoms with Gasteiger partial charge in [-0.15, -0.1) is 16.4 Å². The van der Waals surface area contributed by atoms with Crippen molar-refractivity contribution >= 4 is 22.2 Å². The lowest BCUT2D eigenvalue weighted by molar-refractivity contribution is 0.0566. The highest BCUT2D eigenvalue weighted by molar-refractivity contribution is 7.09. The van der Waals surface area contributed by atoms with Gasteiger partial charge in [0, 0.05) is 35.7 Å². The van der Waals surface area contributed by atoms with Gasteiger partial charge in [0.2, 0.25) is 0 Å². The van der Waals surface area contributed by atoms with Gasteiger partial charge in [-0.2, -0.15) is 0 Å². The van der Waals surface area contributed by atoms with Crippen molar-refractivity contribution in [2.75, 3.05) is 13.2 Å². The van der Waals surface area contributed by atoms with Gasteiger partial charge in [-0.1, -0.05) is 26.0 Å². The maximum atomic E-state index is 13.7. The lowest BCUT2D eigenvalue weighted by Gasteiger charge is -2.34. The van der Waals surface area contributed by atoms with E-state index in [9.17, 15) is 4.79 Å². The van der Waals surface area contributed by atoms with Crippen LogP contribution < -0.4 is 5.56 Å². The first-order valence-electron chi connectivity index (χ1n) is 13.2. The largest absolute Gasteiger partial charge is 0.377 e. The van der Waals surface area contributed by atoms with Crippen LogP contribution in [0.15, 0.2) is 46.6 Å². The topological polar surface area (TPSA) is 88.9 Å². The van der Waals surface area contributed by atoms with Crippen LogP contribution in [0.2, 0.25) is 0 Å². The molecule has 0 spiro atoms. The Bertz CT molecular complexity index is 1390. The lowest BCUT2D eigenvalue weighted by Crippen LogP contribution is -2.41. The molecule has 0 unspecified atom stereocenters. The molecular weight excluding hydrogens is 484 g/mol. The van der Waals surface area contributed by atoms with Crippen molar-refractivity contribution in [2.24, 2.45) is 0 Å². The second-order valence-corrected chi connectivity index (χ2v) is 11.5. The highest BCUT2D eigenvalue weighted by Gasteiger charge is 2.36. The van der Waals surface area contributed by atoms with Crippen LogP contribution in [-0.2, 0) is 23.2 Å². The average Bonchev–Trinajstić information content (AvgIpc) is 3.68. The number of hydrogen-bond acceptors (Lipinski definition) is 7. The van der Waals surface area contributed by atoms with E-state index in [4.69, 9.17) is 4.74 Å². The van der Waals surface area contributed by atoms with Crippen molar-refractivity contribution in [3.8, 4) is 0 Å². The predicted octanol–water partition coefficient (Wildman–Crippen LogP) is 5.05. The van der Waals surface area contributed by atoms with Crippen molar-refractivity contribution in [2.45, 2.75) is 77.6 Å². The zero-order valence-corrected chi connectivity index (χ0v) is 22.9. The number of fused-ring (bicyclic) bond motifs is 1. The molecule has 9 heteroatoms. The predicted molar refractivity (Wildman–Crippen MR) is 147 cm³/mol. The van der Waals surface area contributed by atoms with Crippen molar-refractivity contribution in [1.29, 1.82) is 0 Å². The van der Waals surface area contributed by atoms with E-state index in [1.807, 2.05) is 16.8 Å². The Morgan fingerprint density at radius 2 is 2.14 bits per heavy atom. The number of aromatic nitrogens is 5. The molecule has 1 aromatic carbocycles. The summed E-state index contributed by atoms with van der Waals surface area (Å²) in [6.07, 6.45) is 3.95. The van der Waals surface area contributed by atoms with E-state index in [0.717, 1.165) is 43.2 Å². The summed E-state index contributed by atoms with van der Waals surface area (Å²) in [5, 5.41) is 16.2. The van der Waals surface area contributed by atoms with Gasteiger partial charge in [0.1, 0.15) is 6.04 Å². The maximum absolute atomic E-state index is 13.7. The Balaban J connectivity index is 1.70. The number of hydrogen-bond donors (Lipinski definition) is 1. The van der Waals surface area contributed by atoms with Gasteiger partial charge < -0.3 is 9.72 Å². The molecule has 37 heavy (non-hydrogen) atoms. The minimum Gasteiger partial charge on any atom is -0.377 e. The van der Waals surface area contributed by atoms with Gasteiger partial charge in [-0.25, -0.2) is 4.68 Å². The number of aromatic amines is 1. The molecule has 0 saturated carbocycles. The summed E-state index contributed by atoms with van der Waals surface area (Å²) in [4.78, 5) is 20.4. The van der Waals surface area contributed by atoms with Gasteiger partial charge in [0.25, 0.3) is 5.56 Å². The summed E-state index contributed by atoms with van der Waals surface area (Å²) in [6, 6.07) is 12.0. The molecule has 5 rings (SSSR count). The van der Waals surface area contributed by atoms with Crippen LogP contribution in [0.1, 0.15) is 74.8 Å². The van der Waals surface area contributed by atoms with Gasteiger partial charge in [0.15, 0.2) is 5.82 Å². The Labute approximate surface area is 221 Å². The van der Waals surface area contributed by atoms with E-state index < -0.39 is 6.04 Å². The second kappa shape index (κ2) is 10.8. The summed E-state index contributed by atoms with van der Waals surface area (Å²) in [6.45, 7) is 10.7. The number of benzene rings is 1. The highest BCUT2D eigenvalue weighted by Crippen LogP contribution is 2.33. The Kier molecular flexibility index (Phi) is 7.55. The number of pyridine rings is 1. The summed E-state index contributed by atoms with van der Waals surface area (Å²) in [5.41, 5.74) is 2.29. The van der Waals surface area contributed by atoms with E-state index in [1.54, 1.807) is 11.3 Å². The smallest absolute Gasteiger partial charge is 0.253 e. The van der Waals surface area contributed by atoms with Crippen LogP contribution in [-0.4, -0.2) is 49.3 Å². The standard InChI is InChI=1S/C28H36N6O2S/c1-5-19-11-12-24-20(15-19)16-23(27(35)29-24)25(26-30-31-32-34(26)28(3,4)6-2)33(17-21-9-7-13-36-21)18-22-10-8-14-37-22/h8,10-12,14-16,21,25H,5-7,9,13,17-18H2,1-4H3,(H,29,35)/t21-,25+/m0/s1. The monoisotopic (exact) mass is 520 g/mol. The molecule has 196 valence electrons. The number of thiophene rings is 1. The number of rotatable bonds is 10. The van der Waals surface area contributed by atoms with Crippen LogP contribution in [0.25, 0.3) is 10.9 Å². The van der Waals surface area contributed by atoms with Crippen molar-refractivity contribution in [1.82, 2.24) is 30.1 Å². The van der Waals surface area contributed by atoms with E-state index in [2.05, 4.69) is 82.7 Å². The third-order valence-corrected chi connectivity index (χ3v) is 8.44. The van der Waals surface area contributed by atoms with Crippen LogP contribution in [0.3, 0.4) is 0 Å². The first kappa shape index (κ1) is 25.8. The minimum absolute atomic E-state index is 0.109. The number of nitrogens with one attached hydrogen (secondary N) is 1. The molecular formula is C28H36N6O2S. The fraction of sp³-hybridized carbons (Fsp3) is 0.500. The molecule has 1 aliphatic rings. The number of H-pyrrole nitrogens is 1. The molecule has 0 bridgehead atoms. The third kappa shape index (κ3) is 5.39. The Hall–Kier alpha value is -2.88. The van der Waals surface area contributed by atoms with E-state index in [1.165, 1.54) is 10.4 Å². The summed E-state index contributed by atoms with van der Waals surface area (Å²) >= 11 is 1.72. The number of tetrazole rings is 1. The van der Waals surface area contributed by atoms with Crippen LogP contribution >= 0.6 is 11.3 Å². The molecule has 4 heterocycles. The number of nitrogens with zero attached hydrogens (tertiary/aromatic N) is 5. The number of ether oxygens (including phenoxy) is 1. The molecule has 0 aliphatic carbocycles. The normalized spacial score (nSPS) is 17.2. The molecule has 2 atom stereocenters. The summed E-state index contributed by atoms with van der Waals surface area (Å²) in [7, 11) is 0. The molecule has 0 radical (unpaired) electrons. The van der Waals surface area contributed by atoms with Gasteiger partial charge >= 0.3 is 0 Å². The molecule has 4 aromatic rings. The SMILES string of the molecule is CCc1ccc2[nH]c(=O)c([C@H](c3nnnn3C(C)(C)CC)N(Cc3cccs3)C[C@@H]3CCCO3)cc2c1. The van der Waals surface area contributed by atoms with E-state index in [-0.39, 0.29) is 17.2 Å². The Morgan fingerprint density at radius 1 is 1.27 bits per heavy atom. The number of aryl methyl sites for hydroxylation is 1. The molecule has 1 fully saturated rings. The molecule has 0 amide bonds. The fourth-order valence-electron chi connectivity index (χ4n) is 5.05. The van der Waals surface area contributed by atoms with E-state index in [0.29, 0.717) is 24.5 Å². The highest BCUT2D eigenvalue weighted by atomic mass is 32.1.